The summed E-state index contributed by atoms with van der Waals surface area (Å²) in [6, 6.07) is 7.76. The molecule has 3 heterocycles. The highest BCUT2D eigenvalue weighted by molar-refractivity contribution is 5.87. The quantitative estimate of drug-likeness (QED) is 0.651. The van der Waals surface area contributed by atoms with Crippen molar-refractivity contribution in [3.8, 4) is 5.75 Å². The first-order chi connectivity index (χ1) is 12.7. The Morgan fingerprint density at radius 3 is 2.65 bits per heavy atom. The smallest absolute Gasteiger partial charge is 0.415 e. The molecule has 1 amide bonds. The van der Waals surface area contributed by atoms with Gasteiger partial charge in [-0.05, 0) is 37.6 Å². The lowest BCUT2D eigenvalue weighted by Crippen LogP contribution is -2.29. The average Bonchev–Trinajstić information content (AvgIpc) is 3.28. The maximum atomic E-state index is 12.2. The highest BCUT2D eigenvalue weighted by Crippen LogP contribution is 2.28. The predicted molar refractivity (Wildman–Crippen MR) is 99.9 cm³/mol. The number of hydrogen-bond donors (Lipinski definition) is 0. The zero-order valence-corrected chi connectivity index (χ0v) is 15.4. The summed E-state index contributed by atoms with van der Waals surface area (Å²) in [6.45, 7) is 5.42. The molecule has 0 fully saturated rings. The molecule has 3 rings (SSSR count). The van der Waals surface area contributed by atoms with Gasteiger partial charge in [-0.2, -0.15) is 0 Å². The molecule has 0 spiro atoms. The van der Waals surface area contributed by atoms with E-state index >= 15 is 0 Å². The van der Waals surface area contributed by atoms with E-state index in [1.54, 1.807) is 14.0 Å². The fraction of sp³-hybridized carbons (Fsp3) is 0.368. The maximum Gasteiger partial charge on any atom is 0.415 e. The molecular formula is C19H24N4O3. The Bertz CT molecular complexity index is 870. The van der Waals surface area contributed by atoms with Gasteiger partial charge in [0.2, 0.25) is 0 Å². The first-order valence-corrected chi connectivity index (χ1v) is 8.79. The Morgan fingerprint density at radius 2 is 1.96 bits per heavy atom. The summed E-state index contributed by atoms with van der Waals surface area (Å²) in [7, 11) is 1.69. The van der Waals surface area contributed by atoms with Gasteiger partial charge in [-0.1, -0.05) is 6.92 Å². The molecule has 3 aromatic rings. The van der Waals surface area contributed by atoms with Crippen LogP contribution in [0.3, 0.4) is 0 Å². The summed E-state index contributed by atoms with van der Waals surface area (Å²) in [4.78, 5) is 18.4. The van der Waals surface area contributed by atoms with E-state index in [0.717, 1.165) is 12.2 Å². The molecule has 0 aliphatic rings. The first kappa shape index (κ1) is 17.8. The van der Waals surface area contributed by atoms with Crippen LogP contribution in [0.25, 0.3) is 5.65 Å². The Hall–Kier alpha value is -2.96. The highest BCUT2D eigenvalue weighted by atomic mass is 16.6. The molecule has 0 N–H and O–H groups in total. The fourth-order valence-corrected chi connectivity index (χ4v) is 2.87. The van der Waals surface area contributed by atoms with Crippen LogP contribution in [0.4, 0.5) is 10.6 Å². The SMILES string of the molecule is CCOC(=O)N(C)c1c(CC)nc2c(OCCn3cccc3)cccn12. The Kier molecular flexibility index (Phi) is 5.46. The van der Waals surface area contributed by atoms with E-state index in [-0.39, 0.29) is 0 Å². The average molecular weight is 356 g/mol. The van der Waals surface area contributed by atoms with Crippen LogP contribution < -0.4 is 9.64 Å². The van der Waals surface area contributed by atoms with E-state index in [1.165, 1.54) is 4.90 Å². The van der Waals surface area contributed by atoms with Crippen molar-refractivity contribution in [2.75, 3.05) is 25.2 Å². The summed E-state index contributed by atoms with van der Waals surface area (Å²) >= 11 is 0. The fourth-order valence-electron chi connectivity index (χ4n) is 2.87. The predicted octanol–water partition coefficient (Wildman–Crippen LogP) is 3.37. The number of nitrogens with zero attached hydrogens (tertiary/aromatic N) is 4. The third-order valence-corrected chi connectivity index (χ3v) is 4.13. The van der Waals surface area contributed by atoms with Crippen LogP contribution in [0, 0.1) is 0 Å². The first-order valence-electron chi connectivity index (χ1n) is 8.79. The number of pyridine rings is 1. The van der Waals surface area contributed by atoms with Gasteiger partial charge in [0, 0.05) is 25.6 Å². The number of amides is 1. The van der Waals surface area contributed by atoms with Gasteiger partial charge >= 0.3 is 6.09 Å². The Balaban J connectivity index is 1.88. The number of hydrogen-bond acceptors (Lipinski definition) is 4. The molecule has 0 aromatic carbocycles. The van der Waals surface area contributed by atoms with Crippen LogP contribution in [0.1, 0.15) is 19.5 Å². The van der Waals surface area contributed by atoms with E-state index in [0.29, 0.717) is 36.8 Å². The molecule has 0 atom stereocenters. The second-order valence-electron chi connectivity index (χ2n) is 5.83. The number of fused-ring (bicyclic) bond motifs is 1. The van der Waals surface area contributed by atoms with Crippen molar-refractivity contribution in [3.63, 3.8) is 0 Å². The highest BCUT2D eigenvalue weighted by Gasteiger charge is 2.22. The van der Waals surface area contributed by atoms with E-state index in [1.807, 2.05) is 54.2 Å². The number of carbonyl (C=O) groups excluding carboxylic acids is 1. The minimum absolute atomic E-state index is 0.328. The number of anilines is 1. The second-order valence-corrected chi connectivity index (χ2v) is 5.83. The summed E-state index contributed by atoms with van der Waals surface area (Å²) in [5, 5.41) is 0. The van der Waals surface area contributed by atoms with Gasteiger partial charge in [-0.3, -0.25) is 9.30 Å². The minimum atomic E-state index is -0.400. The standard InChI is InChI=1S/C19H24N4O3/c1-4-15-18(21(3)19(24)25-5-2)23-12-8-9-16(17(23)20-15)26-14-13-22-10-6-7-11-22/h6-12H,4-5,13-14H2,1-3H3. The van der Waals surface area contributed by atoms with Gasteiger partial charge in [-0.25, -0.2) is 9.78 Å². The van der Waals surface area contributed by atoms with Crippen molar-refractivity contribution in [2.45, 2.75) is 26.8 Å². The topological polar surface area (TPSA) is 61.0 Å². The second kappa shape index (κ2) is 7.95. The lowest BCUT2D eigenvalue weighted by Gasteiger charge is -2.17. The van der Waals surface area contributed by atoms with Crippen molar-refractivity contribution in [1.82, 2.24) is 14.0 Å². The molecule has 7 nitrogen and oxygen atoms in total. The molecule has 7 heteroatoms. The van der Waals surface area contributed by atoms with Crippen molar-refractivity contribution in [3.05, 3.63) is 48.5 Å². The van der Waals surface area contributed by atoms with E-state index in [4.69, 9.17) is 14.5 Å². The van der Waals surface area contributed by atoms with E-state index in [2.05, 4.69) is 4.57 Å². The lowest BCUT2D eigenvalue weighted by atomic mass is 10.3. The van der Waals surface area contributed by atoms with Crippen LogP contribution in [0.5, 0.6) is 5.75 Å². The van der Waals surface area contributed by atoms with E-state index < -0.39 is 6.09 Å². The number of imidazole rings is 1. The summed E-state index contributed by atoms with van der Waals surface area (Å²) in [5.74, 6) is 1.40. The monoisotopic (exact) mass is 356 g/mol. The Morgan fingerprint density at radius 1 is 1.19 bits per heavy atom. The third-order valence-electron chi connectivity index (χ3n) is 4.13. The molecule has 3 aromatic heterocycles. The maximum absolute atomic E-state index is 12.2. The lowest BCUT2D eigenvalue weighted by molar-refractivity contribution is 0.161. The van der Waals surface area contributed by atoms with Crippen LogP contribution in [-0.2, 0) is 17.7 Å². The van der Waals surface area contributed by atoms with Crippen molar-refractivity contribution in [2.24, 2.45) is 0 Å². The molecule has 0 aliphatic heterocycles. The molecule has 0 saturated heterocycles. The van der Waals surface area contributed by atoms with Gasteiger partial charge in [0.25, 0.3) is 0 Å². The molecule has 0 saturated carbocycles. The molecule has 0 aliphatic carbocycles. The van der Waals surface area contributed by atoms with Crippen LogP contribution in [0.2, 0.25) is 0 Å². The zero-order chi connectivity index (χ0) is 18.5. The van der Waals surface area contributed by atoms with Crippen LogP contribution in [0.15, 0.2) is 42.9 Å². The normalized spacial score (nSPS) is 10.9. The minimum Gasteiger partial charge on any atom is -0.488 e. The number of rotatable bonds is 7. The molecule has 138 valence electrons. The number of carbonyl (C=O) groups is 1. The Labute approximate surface area is 152 Å². The zero-order valence-electron chi connectivity index (χ0n) is 15.4. The number of aromatic nitrogens is 3. The van der Waals surface area contributed by atoms with Crippen LogP contribution >= 0.6 is 0 Å². The summed E-state index contributed by atoms with van der Waals surface area (Å²) in [5.41, 5.74) is 1.52. The third kappa shape index (κ3) is 3.51. The van der Waals surface area contributed by atoms with Crippen molar-refractivity contribution in [1.29, 1.82) is 0 Å². The number of aryl methyl sites for hydroxylation is 1. The van der Waals surface area contributed by atoms with Crippen molar-refractivity contribution < 1.29 is 14.3 Å². The summed E-state index contributed by atoms with van der Waals surface area (Å²) in [6.07, 6.45) is 6.18. The molecule has 26 heavy (non-hydrogen) atoms. The van der Waals surface area contributed by atoms with Gasteiger partial charge < -0.3 is 14.0 Å². The van der Waals surface area contributed by atoms with Crippen molar-refractivity contribution >= 4 is 17.6 Å². The summed E-state index contributed by atoms with van der Waals surface area (Å²) < 4.78 is 15.0. The van der Waals surface area contributed by atoms with Gasteiger partial charge in [0.15, 0.2) is 11.4 Å². The number of ether oxygens (including phenoxy) is 2. The van der Waals surface area contributed by atoms with Crippen LogP contribution in [-0.4, -0.2) is 40.3 Å². The van der Waals surface area contributed by atoms with Gasteiger partial charge in [0.1, 0.15) is 12.4 Å². The molecule has 0 unspecified atom stereocenters. The van der Waals surface area contributed by atoms with E-state index in [9.17, 15) is 4.79 Å². The molecular weight excluding hydrogens is 332 g/mol. The largest absolute Gasteiger partial charge is 0.488 e. The van der Waals surface area contributed by atoms with Gasteiger partial charge in [-0.15, -0.1) is 0 Å². The molecule has 0 bridgehead atoms. The van der Waals surface area contributed by atoms with Gasteiger partial charge in [0.05, 0.1) is 18.8 Å². The molecule has 0 radical (unpaired) electrons.